The van der Waals surface area contributed by atoms with E-state index < -0.39 is 41.7 Å². The first-order valence-corrected chi connectivity index (χ1v) is 11.1. The van der Waals surface area contributed by atoms with Crippen LogP contribution in [0.5, 0.6) is 0 Å². The molecule has 0 saturated heterocycles. The minimum atomic E-state index is -1.24. The molecule has 13 heteroatoms. The molecular formula is C18H21N6O6P. The largest absolute Gasteiger partial charge is 0.325 e. The van der Waals surface area contributed by atoms with E-state index in [9.17, 15) is 28.8 Å². The number of H-pyrrole nitrogens is 6. The van der Waals surface area contributed by atoms with Crippen LogP contribution in [0.15, 0.2) is 28.8 Å². The second-order valence-electron chi connectivity index (χ2n) is 7.18. The smallest absolute Gasteiger partial charge is 0.311 e. The molecule has 0 aromatic carbocycles. The van der Waals surface area contributed by atoms with Gasteiger partial charge in [0.15, 0.2) is 0 Å². The lowest BCUT2D eigenvalue weighted by molar-refractivity contribution is 0.936. The van der Waals surface area contributed by atoms with Crippen molar-refractivity contribution < 1.29 is 0 Å². The minimum Gasteiger partial charge on any atom is -0.311 e. The van der Waals surface area contributed by atoms with Crippen LogP contribution in [0.4, 0.5) is 0 Å². The van der Waals surface area contributed by atoms with Crippen LogP contribution in [-0.2, 0) is 18.5 Å². The van der Waals surface area contributed by atoms with Gasteiger partial charge in [-0.3, -0.25) is 29.3 Å². The molecule has 0 spiro atoms. The molecule has 0 bridgehead atoms. The molecular weight excluding hydrogens is 427 g/mol. The summed E-state index contributed by atoms with van der Waals surface area (Å²) < 4.78 is 0. The van der Waals surface area contributed by atoms with Crippen molar-refractivity contribution in [3.8, 4) is 0 Å². The minimum absolute atomic E-state index is 0.198. The van der Waals surface area contributed by atoms with Gasteiger partial charge < -0.3 is 15.0 Å². The van der Waals surface area contributed by atoms with Crippen molar-refractivity contribution in [2.75, 3.05) is 0 Å². The van der Waals surface area contributed by atoms with Crippen LogP contribution >= 0.6 is 7.92 Å². The molecule has 0 radical (unpaired) electrons. The Labute approximate surface area is 174 Å². The SMILES string of the molecule is Cc1[nH]c(=O)[nH]c(=O)c1CP(Cc1c(C)[nH]c(=O)[nH]c1=O)Cc1c(C)[nH]c(=O)[nH]c1=O. The zero-order valence-corrected chi connectivity index (χ0v) is 17.9. The highest BCUT2D eigenvalue weighted by molar-refractivity contribution is 7.55. The molecule has 6 N–H and O–H groups in total. The molecule has 31 heavy (non-hydrogen) atoms. The fourth-order valence-electron chi connectivity index (χ4n) is 3.29. The summed E-state index contributed by atoms with van der Waals surface area (Å²) in [7, 11) is -1.24. The molecule has 0 amide bonds. The first-order valence-electron chi connectivity index (χ1n) is 9.23. The Balaban J connectivity index is 2.09. The number of hydrogen-bond acceptors (Lipinski definition) is 6. The van der Waals surface area contributed by atoms with E-state index in [2.05, 4.69) is 29.9 Å². The number of hydrogen-bond donors (Lipinski definition) is 6. The molecule has 3 heterocycles. The predicted octanol–water partition coefficient (Wildman–Crippen LogP) is -0.876. The quantitative estimate of drug-likeness (QED) is 0.265. The average molecular weight is 448 g/mol. The standard InChI is InChI=1S/C18H21N6O6P/c1-7-10(13(25)22-16(28)19-7)4-31(5-11-8(2)20-17(29)23-14(11)26)6-12-9(3)21-18(30)24-15(12)27/h4-6H2,1-3H3,(H2,19,22,25,28)(H2,20,23,26,29)(H2,21,24,27,30). The van der Waals surface area contributed by atoms with Crippen molar-refractivity contribution in [3.63, 3.8) is 0 Å². The van der Waals surface area contributed by atoms with Gasteiger partial charge in [-0.25, -0.2) is 14.4 Å². The van der Waals surface area contributed by atoms with Gasteiger partial charge in [-0.1, -0.05) is 7.92 Å². The summed E-state index contributed by atoms with van der Waals surface area (Å²) in [6.07, 6.45) is 0.593. The van der Waals surface area contributed by atoms with Crippen LogP contribution < -0.4 is 33.7 Å². The predicted molar refractivity (Wildman–Crippen MR) is 115 cm³/mol. The first kappa shape index (κ1) is 22.2. The van der Waals surface area contributed by atoms with E-state index in [1.165, 1.54) is 0 Å². The molecule has 0 saturated carbocycles. The van der Waals surface area contributed by atoms with Gasteiger partial charge in [0.05, 0.1) is 0 Å². The van der Waals surface area contributed by atoms with E-state index >= 15 is 0 Å². The summed E-state index contributed by atoms with van der Waals surface area (Å²) in [5, 5.41) is 0. The van der Waals surface area contributed by atoms with Crippen molar-refractivity contribution >= 4 is 7.92 Å². The van der Waals surface area contributed by atoms with E-state index in [0.29, 0.717) is 33.8 Å². The van der Waals surface area contributed by atoms with E-state index in [4.69, 9.17) is 0 Å². The Bertz CT molecular complexity index is 1310. The monoisotopic (exact) mass is 448 g/mol. The van der Waals surface area contributed by atoms with Gasteiger partial charge >= 0.3 is 17.1 Å². The van der Waals surface area contributed by atoms with Crippen molar-refractivity contribution in [3.05, 3.63) is 96.3 Å². The summed E-state index contributed by atoms with van der Waals surface area (Å²) in [4.78, 5) is 85.8. The van der Waals surface area contributed by atoms with Crippen molar-refractivity contribution in [2.45, 2.75) is 39.3 Å². The fourth-order valence-corrected chi connectivity index (χ4v) is 6.11. The van der Waals surface area contributed by atoms with Crippen LogP contribution in [0.3, 0.4) is 0 Å². The zero-order valence-electron chi connectivity index (χ0n) is 17.0. The lowest BCUT2D eigenvalue weighted by Gasteiger charge is -2.19. The number of aromatic amines is 6. The Kier molecular flexibility index (Phi) is 6.21. The molecule has 0 aliphatic rings. The molecule has 3 aromatic rings. The lowest BCUT2D eigenvalue weighted by Crippen LogP contribution is -2.29. The van der Waals surface area contributed by atoms with Gasteiger partial charge in [0.25, 0.3) is 16.7 Å². The summed E-state index contributed by atoms with van der Waals surface area (Å²) in [5.74, 6) is 0. The number of aryl methyl sites for hydroxylation is 3. The van der Waals surface area contributed by atoms with Crippen LogP contribution in [0.25, 0.3) is 0 Å². The van der Waals surface area contributed by atoms with Crippen LogP contribution in [0.1, 0.15) is 33.8 Å². The summed E-state index contributed by atoms with van der Waals surface area (Å²) in [6, 6.07) is 0. The van der Waals surface area contributed by atoms with E-state index in [1.54, 1.807) is 20.8 Å². The maximum absolute atomic E-state index is 12.4. The van der Waals surface area contributed by atoms with Crippen LogP contribution in [0, 0.1) is 20.8 Å². The second kappa shape index (κ2) is 8.68. The Morgan fingerprint density at radius 1 is 0.484 bits per heavy atom. The van der Waals surface area contributed by atoms with E-state index in [1.807, 2.05) is 0 Å². The summed E-state index contributed by atoms with van der Waals surface area (Å²) in [6.45, 7) is 4.78. The van der Waals surface area contributed by atoms with Gasteiger partial charge in [0.1, 0.15) is 0 Å². The van der Waals surface area contributed by atoms with Crippen molar-refractivity contribution in [1.82, 2.24) is 29.9 Å². The highest BCUT2D eigenvalue weighted by Crippen LogP contribution is 2.45. The topological polar surface area (TPSA) is 197 Å². The van der Waals surface area contributed by atoms with E-state index in [-0.39, 0.29) is 18.5 Å². The van der Waals surface area contributed by atoms with Gasteiger partial charge in [-0.2, -0.15) is 0 Å². The fraction of sp³-hybridized carbons (Fsp3) is 0.333. The number of aromatic nitrogens is 6. The number of nitrogens with one attached hydrogen (secondary N) is 6. The summed E-state index contributed by atoms with van der Waals surface area (Å²) in [5.41, 5.74) is -1.35. The van der Waals surface area contributed by atoms with Gasteiger partial charge in [-0.15, -0.1) is 0 Å². The highest BCUT2D eigenvalue weighted by atomic mass is 31.1. The zero-order chi connectivity index (χ0) is 22.9. The Hall–Kier alpha value is -3.53. The summed E-state index contributed by atoms with van der Waals surface area (Å²) >= 11 is 0. The molecule has 3 rings (SSSR count). The molecule has 3 aromatic heterocycles. The maximum atomic E-state index is 12.4. The molecule has 0 aliphatic heterocycles. The number of rotatable bonds is 6. The third-order valence-electron chi connectivity index (χ3n) is 4.91. The normalized spacial score (nSPS) is 11.2. The molecule has 164 valence electrons. The molecule has 0 aliphatic carbocycles. The van der Waals surface area contributed by atoms with Gasteiger partial charge in [-0.05, 0) is 20.8 Å². The molecule has 0 unspecified atom stereocenters. The van der Waals surface area contributed by atoms with Crippen molar-refractivity contribution in [1.29, 1.82) is 0 Å². The molecule has 0 fully saturated rings. The maximum Gasteiger partial charge on any atom is 0.325 e. The third-order valence-corrected chi connectivity index (χ3v) is 7.20. The van der Waals surface area contributed by atoms with E-state index in [0.717, 1.165) is 0 Å². The Morgan fingerprint density at radius 2 is 0.742 bits per heavy atom. The van der Waals surface area contributed by atoms with Gasteiger partial charge in [0, 0.05) is 52.3 Å². The van der Waals surface area contributed by atoms with Gasteiger partial charge in [0.2, 0.25) is 0 Å². The first-order chi connectivity index (χ1) is 14.5. The lowest BCUT2D eigenvalue weighted by atomic mass is 10.2. The Morgan fingerprint density at radius 3 is 0.968 bits per heavy atom. The van der Waals surface area contributed by atoms with Crippen LogP contribution in [-0.4, -0.2) is 29.9 Å². The molecule has 12 nitrogen and oxygen atoms in total. The van der Waals surface area contributed by atoms with Crippen molar-refractivity contribution in [2.24, 2.45) is 0 Å². The molecule has 0 atom stereocenters. The van der Waals surface area contributed by atoms with Crippen LogP contribution in [0.2, 0.25) is 0 Å². The average Bonchev–Trinajstić information content (AvgIpc) is 2.63. The third kappa shape index (κ3) is 4.97. The second-order valence-corrected chi connectivity index (χ2v) is 9.47. The highest BCUT2D eigenvalue weighted by Gasteiger charge is 2.21.